The molecule has 0 aliphatic heterocycles. The minimum atomic E-state index is -0.687. The molecule has 0 heterocycles. The first kappa shape index (κ1) is 26.1. The predicted octanol–water partition coefficient (Wildman–Crippen LogP) is 4.57. The molecule has 0 radical (unpaired) electrons. The lowest BCUT2D eigenvalue weighted by Crippen LogP contribution is -2.16. The molecule has 0 atom stereocenters. The Morgan fingerprint density at radius 1 is 0.667 bits per heavy atom. The molecule has 0 aromatic carbocycles. The van der Waals surface area contributed by atoms with Crippen molar-refractivity contribution in [2.75, 3.05) is 6.61 Å². The van der Waals surface area contributed by atoms with Crippen LogP contribution in [0.15, 0.2) is 0 Å². The smallest absolute Gasteiger partial charge is 0.303 e. The van der Waals surface area contributed by atoms with Crippen LogP contribution in [0.5, 0.6) is 0 Å². The Morgan fingerprint density at radius 3 is 1.59 bits per heavy atom. The van der Waals surface area contributed by atoms with Gasteiger partial charge in [-0.3, -0.25) is 4.79 Å². The van der Waals surface area contributed by atoms with Gasteiger partial charge in [0.2, 0.25) is 0 Å². The molecular weight excluding hydrogens is 362 g/mol. The molecule has 3 N–H and O–H groups in total. The van der Waals surface area contributed by atoms with Gasteiger partial charge in [-0.05, 0) is 33.6 Å². The topological polar surface area (TPSA) is 125 Å². The van der Waals surface area contributed by atoms with Crippen LogP contribution in [0.25, 0.3) is 0 Å². The van der Waals surface area contributed by atoms with Crippen LogP contribution in [0.2, 0.25) is 0 Å². The largest absolute Gasteiger partial charge is 0.481 e. The van der Waals surface area contributed by atoms with Gasteiger partial charge < -0.3 is 5.11 Å². The first-order valence-electron chi connectivity index (χ1n) is 9.83. The second-order valence-corrected chi connectivity index (χ2v) is 6.38. The molecule has 162 valence electrons. The van der Waals surface area contributed by atoms with Crippen LogP contribution in [-0.4, -0.2) is 22.9 Å². The molecule has 0 saturated heterocycles. The lowest BCUT2D eigenvalue weighted by atomic mass is 10.0. The Labute approximate surface area is 160 Å². The molecule has 0 spiro atoms. The highest BCUT2D eigenvalue weighted by Crippen LogP contribution is 2.13. The van der Waals surface area contributed by atoms with Crippen molar-refractivity contribution < 1.29 is 45.1 Å². The van der Waals surface area contributed by atoms with Crippen LogP contribution >= 0.6 is 0 Å². The van der Waals surface area contributed by atoms with Crippen molar-refractivity contribution in [3.8, 4) is 0 Å². The van der Waals surface area contributed by atoms with Gasteiger partial charge in [-0.2, -0.15) is 0 Å². The van der Waals surface area contributed by atoms with Gasteiger partial charge in [0.15, 0.2) is 0 Å². The minimum Gasteiger partial charge on any atom is -0.481 e. The SMILES string of the molecule is O=C(O)CCCCCCCCCCCCCCCCOOONOOOO. The van der Waals surface area contributed by atoms with E-state index in [0.29, 0.717) is 13.0 Å². The molecule has 0 rings (SSSR count). The van der Waals surface area contributed by atoms with E-state index in [1.807, 2.05) is 0 Å². The Bertz CT molecular complexity index is 308. The van der Waals surface area contributed by atoms with Crippen LogP contribution < -0.4 is 5.64 Å². The maximum atomic E-state index is 10.4. The standard InChI is InChI=1S/C17H35NO9/c19-17(20)15-13-11-9-7-5-3-1-2-4-6-8-10-12-14-16-22-26-23-18-24-27-25-21/h18,21H,1-16H2,(H,19,20). The monoisotopic (exact) mass is 397 g/mol. The van der Waals surface area contributed by atoms with E-state index in [2.05, 4.69) is 30.0 Å². The van der Waals surface area contributed by atoms with Gasteiger partial charge in [0.05, 0.1) is 6.61 Å². The van der Waals surface area contributed by atoms with Crippen molar-refractivity contribution in [2.24, 2.45) is 0 Å². The first-order valence-corrected chi connectivity index (χ1v) is 9.83. The number of aliphatic carboxylic acids is 1. The van der Waals surface area contributed by atoms with Crippen molar-refractivity contribution >= 4 is 5.97 Å². The molecule has 0 aliphatic carbocycles. The number of unbranched alkanes of at least 4 members (excludes halogenated alkanes) is 13. The molecule has 10 heteroatoms. The van der Waals surface area contributed by atoms with E-state index in [4.69, 9.17) is 10.4 Å². The van der Waals surface area contributed by atoms with Gasteiger partial charge in [0.1, 0.15) is 0 Å². The number of rotatable bonds is 23. The van der Waals surface area contributed by atoms with Crippen molar-refractivity contribution in [1.82, 2.24) is 5.64 Å². The van der Waals surface area contributed by atoms with Crippen LogP contribution in [0.4, 0.5) is 0 Å². The molecule has 0 aromatic heterocycles. The zero-order valence-electron chi connectivity index (χ0n) is 16.1. The fraction of sp³-hybridized carbons (Fsp3) is 0.941. The molecule has 0 unspecified atom stereocenters. The van der Waals surface area contributed by atoms with Gasteiger partial charge in [-0.25, -0.2) is 10.1 Å². The minimum absolute atomic E-state index is 0.306. The van der Waals surface area contributed by atoms with Gasteiger partial charge in [0, 0.05) is 6.42 Å². The van der Waals surface area contributed by atoms with E-state index in [9.17, 15) is 4.79 Å². The molecule has 0 saturated carbocycles. The van der Waals surface area contributed by atoms with Crippen molar-refractivity contribution in [1.29, 1.82) is 0 Å². The van der Waals surface area contributed by atoms with E-state index in [1.54, 1.807) is 5.64 Å². The van der Waals surface area contributed by atoms with Crippen LogP contribution in [0.3, 0.4) is 0 Å². The summed E-state index contributed by atoms with van der Waals surface area (Å²) in [6.07, 6.45) is 16.6. The molecule has 0 aromatic rings. The molecule has 0 bridgehead atoms. The van der Waals surface area contributed by atoms with Crippen LogP contribution in [0, 0.1) is 0 Å². The normalized spacial score (nSPS) is 11.1. The summed E-state index contributed by atoms with van der Waals surface area (Å²) in [6.45, 7) is 0.398. The number of carboxylic acid groups (broad SMARTS) is 1. The molecule has 0 amide bonds. The summed E-state index contributed by atoms with van der Waals surface area (Å²) in [7, 11) is 0. The highest BCUT2D eigenvalue weighted by molar-refractivity contribution is 5.66. The summed E-state index contributed by atoms with van der Waals surface area (Å²) in [5.41, 5.74) is 1.67. The van der Waals surface area contributed by atoms with E-state index in [0.717, 1.165) is 32.1 Å². The van der Waals surface area contributed by atoms with Gasteiger partial charge >= 0.3 is 5.97 Å². The third-order valence-corrected chi connectivity index (χ3v) is 4.08. The average Bonchev–Trinajstić information content (AvgIpc) is 2.65. The van der Waals surface area contributed by atoms with E-state index < -0.39 is 5.97 Å². The number of nitrogens with one attached hydrogen (secondary N) is 1. The lowest BCUT2D eigenvalue weighted by Gasteiger charge is -2.04. The quantitative estimate of drug-likeness (QED) is 0.128. The maximum Gasteiger partial charge on any atom is 0.303 e. The third kappa shape index (κ3) is 25.2. The molecule has 10 nitrogen and oxygen atoms in total. The fourth-order valence-corrected chi connectivity index (χ4v) is 2.67. The van der Waals surface area contributed by atoms with Crippen LogP contribution in [0.1, 0.15) is 96.3 Å². The number of hydrogen-bond donors (Lipinski definition) is 3. The summed E-state index contributed by atoms with van der Waals surface area (Å²) in [5, 5.41) is 27.1. The summed E-state index contributed by atoms with van der Waals surface area (Å²) >= 11 is 0. The first-order chi connectivity index (χ1) is 13.3. The second-order valence-electron chi connectivity index (χ2n) is 6.38. The molecule has 0 fully saturated rings. The summed E-state index contributed by atoms with van der Waals surface area (Å²) in [6, 6.07) is 0. The number of carbonyl (C=O) groups is 1. The Morgan fingerprint density at radius 2 is 1.11 bits per heavy atom. The van der Waals surface area contributed by atoms with Gasteiger partial charge in [0.25, 0.3) is 0 Å². The zero-order chi connectivity index (χ0) is 19.8. The Balaban J connectivity index is 2.98. The second kappa shape index (κ2) is 23.2. The molecular formula is C17H35NO9. The fourth-order valence-electron chi connectivity index (χ4n) is 2.67. The predicted molar refractivity (Wildman–Crippen MR) is 94.0 cm³/mol. The summed E-state index contributed by atoms with van der Waals surface area (Å²) in [4.78, 5) is 23.1. The van der Waals surface area contributed by atoms with E-state index >= 15 is 0 Å². The highest BCUT2D eigenvalue weighted by atomic mass is 17.7. The van der Waals surface area contributed by atoms with Crippen molar-refractivity contribution in [3.63, 3.8) is 0 Å². The van der Waals surface area contributed by atoms with E-state index in [-0.39, 0.29) is 0 Å². The number of carboxylic acids is 1. The average molecular weight is 397 g/mol. The zero-order valence-corrected chi connectivity index (χ0v) is 16.1. The summed E-state index contributed by atoms with van der Waals surface area (Å²) < 4.78 is 0. The van der Waals surface area contributed by atoms with Gasteiger partial charge in [-0.1, -0.05) is 87.0 Å². The Kier molecular flexibility index (Phi) is 22.5. The molecule has 0 aliphatic rings. The Hall–Kier alpha value is -0.850. The van der Waals surface area contributed by atoms with Crippen molar-refractivity contribution in [2.45, 2.75) is 96.3 Å². The summed E-state index contributed by atoms with van der Waals surface area (Å²) in [5.74, 6) is -0.687. The maximum absolute atomic E-state index is 10.4. The van der Waals surface area contributed by atoms with Crippen LogP contribution in [-0.2, 0) is 34.8 Å². The lowest BCUT2D eigenvalue weighted by molar-refractivity contribution is -0.681. The molecule has 27 heavy (non-hydrogen) atoms. The highest BCUT2D eigenvalue weighted by Gasteiger charge is 1.97. The van der Waals surface area contributed by atoms with Crippen molar-refractivity contribution in [3.05, 3.63) is 0 Å². The third-order valence-electron chi connectivity index (χ3n) is 4.08. The number of hydrogen-bond acceptors (Lipinski definition) is 9. The van der Waals surface area contributed by atoms with Gasteiger partial charge in [-0.15, -0.1) is 0 Å². The van der Waals surface area contributed by atoms with E-state index in [1.165, 1.54) is 57.8 Å².